The first-order valence-electron chi connectivity index (χ1n) is 3.70. The van der Waals surface area contributed by atoms with E-state index in [1.165, 1.54) is 5.56 Å². The highest BCUT2D eigenvalue weighted by molar-refractivity contribution is 5.26. The van der Waals surface area contributed by atoms with Crippen LogP contribution >= 0.6 is 0 Å². The fourth-order valence-electron chi connectivity index (χ4n) is 0.879. The van der Waals surface area contributed by atoms with E-state index in [1.807, 2.05) is 25.1 Å². The minimum Gasteiger partial charge on any atom is -0.290 e. The molecule has 0 unspecified atom stereocenters. The Balaban J connectivity index is 2.66. The molecule has 0 aliphatic heterocycles. The Morgan fingerprint density at radius 1 is 1.27 bits per heavy atom. The second-order valence-corrected chi connectivity index (χ2v) is 2.42. The molecule has 0 amide bonds. The SMILES string of the molecule is CC=CCc1ccc([O])cc1. The first kappa shape index (κ1) is 7.86. The molecule has 0 fully saturated rings. The van der Waals surface area contributed by atoms with Crippen molar-refractivity contribution in [3.05, 3.63) is 42.0 Å². The third-order valence-corrected chi connectivity index (χ3v) is 1.51. The number of hydrogen-bond donors (Lipinski definition) is 0. The monoisotopic (exact) mass is 147 g/mol. The summed E-state index contributed by atoms with van der Waals surface area (Å²) >= 11 is 0. The predicted molar refractivity (Wildman–Crippen MR) is 45.1 cm³/mol. The van der Waals surface area contributed by atoms with Crippen molar-refractivity contribution in [2.75, 3.05) is 0 Å². The van der Waals surface area contributed by atoms with Gasteiger partial charge in [-0.25, -0.2) is 0 Å². The van der Waals surface area contributed by atoms with E-state index in [9.17, 15) is 5.11 Å². The molecule has 0 spiro atoms. The molecule has 57 valence electrons. The van der Waals surface area contributed by atoms with Crippen LogP contribution in [-0.2, 0) is 11.5 Å². The standard InChI is InChI=1S/C10H11O/c1-2-3-4-9-5-7-10(11)8-6-9/h2-3,5-8H,4H2,1H3. The molecule has 0 N–H and O–H groups in total. The van der Waals surface area contributed by atoms with Crippen molar-refractivity contribution in [3.8, 4) is 5.75 Å². The normalized spacial score (nSPS) is 10.6. The number of hydrogen-bond acceptors (Lipinski definition) is 0. The Bertz CT molecular complexity index is 234. The Hall–Kier alpha value is -1.24. The summed E-state index contributed by atoms with van der Waals surface area (Å²) in [5.41, 5.74) is 1.18. The van der Waals surface area contributed by atoms with Crippen molar-refractivity contribution in [1.82, 2.24) is 0 Å². The van der Waals surface area contributed by atoms with E-state index in [0.717, 1.165) is 6.42 Å². The molecule has 1 rings (SSSR count). The maximum atomic E-state index is 10.7. The zero-order valence-corrected chi connectivity index (χ0v) is 6.58. The Morgan fingerprint density at radius 3 is 2.45 bits per heavy atom. The summed E-state index contributed by atoms with van der Waals surface area (Å²) in [6, 6.07) is 6.92. The molecule has 0 aliphatic carbocycles. The van der Waals surface area contributed by atoms with E-state index in [4.69, 9.17) is 0 Å². The third-order valence-electron chi connectivity index (χ3n) is 1.51. The van der Waals surface area contributed by atoms with Gasteiger partial charge in [0.25, 0.3) is 0 Å². The van der Waals surface area contributed by atoms with E-state index >= 15 is 0 Å². The molecule has 0 atom stereocenters. The minimum atomic E-state index is 0.0780. The highest BCUT2D eigenvalue weighted by atomic mass is 16.3. The molecule has 0 heterocycles. The molecule has 0 aromatic heterocycles. The molecule has 1 heteroatoms. The smallest absolute Gasteiger partial charge is 0.178 e. The van der Waals surface area contributed by atoms with E-state index in [0.29, 0.717) is 0 Å². The van der Waals surface area contributed by atoms with Crippen molar-refractivity contribution in [3.63, 3.8) is 0 Å². The average molecular weight is 147 g/mol. The van der Waals surface area contributed by atoms with Crippen LogP contribution in [0.1, 0.15) is 12.5 Å². The zero-order valence-electron chi connectivity index (χ0n) is 6.58. The van der Waals surface area contributed by atoms with E-state index < -0.39 is 0 Å². The lowest BCUT2D eigenvalue weighted by atomic mass is 10.1. The van der Waals surface area contributed by atoms with Gasteiger partial charge in [-0.15, -0.1) is 0 Å². The maximum Gasteiger partial charge on any atom is 0.178 e. The van der Waals surface area contributed by atoms with Crippen LogP contribution in [0.4, 0.5) is 0 Å². The fourth-order valence-corrected chi connectivity index (χ4v) is 0.879. The van der Waals surface area contributed by atoms with Gasteiger partial charge in [0.05, 0.1) is 0 Å². The van der Waals surface area contributed by atoms with Crippen molar-refractivity contribution >= 4 is 0 Å². The third kappa shape index (κ3) is 2.46. The van der Waals surface area contributed by atoms with Crippen LogP contribution in [-0.4, -0.2) is 0 Å². The lowest BCUT2D eigenvalue weighted by Crippen LogP contribution is -1.77. The Labute approximate surface area is 67.0 Å². The average Bonchev–Trinajstić information content (AvgIpc) is 2.04. The largest absolute Gasteiger partial charge is 0.290 e. The molecule has 11 heavy (non-hydrogen) atoms. The van der Waals surface area contributed by atoms with Gasteiger partial charge in [0, 0.05) is 0 Å². The highest BCUT2D eigenvalue weighted by Gasteiger charge is 1.90. The summed E-state index contributed by atoms with van der Waals surface area (Å²) in [7, 11) is 0. The Morgan fingerprint density at radius 2 is 1.91 bits per heavy atom. The topological polar surface area (TPSA) is 19.9 Å². The molecular weight excluding hydrogens is 136 g/mol. The van der Waals surface area contributed by atoms with Crippen LogP contribution in [0.15, 0.2) is 36.4 Å². The molecule has 1 radical (unpaired) electrons. The van der Waals surface area contributed by atoms with Crippen LogP contribution in [0.3, 0.4) is 0 Å². The summed E-state index contributed by atoms with van der Waals surface area (Å²) in [6.07, 6.45) is 4.99. The van der Waals surface area contributed by atoms with Gasteiger partial charge in [-0.2, -0.15) is 0 Å². The lowest BCUT2D eigenvalue weighted by Gasteiger charge is -1.93. The number of benzene rings is 1. The van der Waals surface area contributed by atoms with E-state index in [1.54, 1.807) is 12.1 Å². The minimum absolute atomic E-state index is 0.0780. The van der Waals surface area contributed by atoms with Gasteiger partial charge in [-0.3, -0.25) is 5.11 Å². The van der Waals surface area contributed by atoms with Gasteiger partial charge < -0.3 is 0 Å². The lowest BCUT2D eigenvalue weighted by molar-refractivity contribution is 0.355. The number of allylic oxidation sites excluding steroid dienone is 2. The van der Waals surface area contributed by atoms with Crippen LogP contribution in [0.5, 0.6) is 5.75 Å². The summed E-state index contributed by atoms with van der Waals surface area (Å²) < 4.78 is 0. The summed E-state index contributed by atoms with van der Waals surface area (Å²) in [5, 5.41) is 10.7. The molecule has 0 saturated heterocycles. The molecule has 0 bridgehead atoms. The molecule has 0 saturated carbocycles. The Kier molecular flexibility index (Phi) is 2.73. The van der Waals surface area contributed by atoms with Crippen molar-refractivity contribution in [2.24, 2.45) is 0 Å². The van der Waals surface area contributed by atoms with Gasteiger partial charge in [0.15, 0.2) is 5.75 Å². The van der Waals surface area contributed by atoms with Gasteiger partial charge in [0.1, 0.15) is 0 Å². The number of rotatable bonds is 2. The van der Waals surface area contributed by atoms with Crippen LogP contribution in [0, 0.1) is 0 Å². The molecular formula is C10H11O. The second-order valence-electron chi connectivity index (χ2n) is 2.42. The van der Waals surface area contributed by atoms with Crippen LogP contribution in [0.25, 0.3) is 0 Å². The van der Waals surface area contributed by atoms with Crippen molar-refractivity contribution in [1.29, 1.82) is 0 Å². The first-order valence-corrected chi connectivity index (χ1v) is 3.70. The van der Waals surface area contributed by atoms with Crippen LogP contribution < -0.4 is 0 Å². The van der Waals surface area contributed by atoms with E-state index in [-0.39, 0.29) is 5.75 Å². The maximum absolute atomic E-state index is 10.7. The van der Waals surface area contributed by atoms with Gasteiger partial charge in [-0.05, 0) is 31.0 Å². The van der Waals surface area contributed by atoms with Gasteiger partial charge >= 0.3 is 0 Å². The van der Waals surface area contributed by atoms with Gasteiger partial charge in [-0.1, -0.05) is 24.3 Å². The fraction of sp³-hybridized carbons (Fsp3) is 0.200. The van der Waals surface area contributed by atoms with Crippen LogP contribution in [0.2, 0.25) is 0 Å². The first-order chi connectivity index (χ1) is 5.33. The molecule has 1 aromatic rings. The molecule has 0 aliphatic rings. The van der Waals surface area contributed by atoms with Crippen molar-refractivity contribution in [2.45, 2.75) is 13.3 Å². The quantitative estimate of drug-likeness (QED) is 0.573. The van der Waals surface area contributed by atoms with E-state index in [2.05, 4.69) is 6.08 Å². The summed E-state index contributed by atoms with van der Waals surface area (Å²) in [4.78, 5) is 0. The molecule has 1 aromatic carbocycles. The van der Waals surface area contributed by atoms with Gasteiger partial charge in [0.2, 0.25) is 0 Å². The predicted octanol–water partition coefficient (Wildman–Crippen LogP) is 2.95. The summed E-state index contributed by atoms with van der Waals surface area (Å²) in [5.74, 6) is 0.0780. The van der Waals surface area contributed by atoms with Crippen molar-refractivity contribution < 1.29 is 5.11 Å². The molecule has 1 nitrogen and oxygen atoms in total. The highest BCUT2D eigenvalue weighted by Crippen LogP contribution is 2.10. The zero-order chi connectivity index (χ0) is 8.10. The summed E-state index contributed by atoms with van der Waals surface area (Å²) in [6.45, 7) is 1.99. The second kappa shape index (κ2) is 3.81.